The molecular formula is C46H75O10P. The van der Waals surface area contributed by atoms with Gasteiger partial charge in [-0.1, -0.05) is 143 Å². The predicted molar refractivity (Wildman–Crippen MR) is 232 cm³/mol. The average Bonchev–Trinajstić information content (AvgIpc) is 3.20. The molecule has 0 radical (unpaired) electrons. The molecule has 3 N–H and O–H groups in total. The lowest BCUT2D eigenvalue weighted by Crippen LogP contribution is -2.29. The molecule has 10 nitrogen and oxygen atoms in total. The standard InChI is InChI=1S/C46H75O10P/c1-3-5-7-9-11-13-15-17-19-20-21-22-24-26-28-30-32-34-36-38-46(50)56-44(42-55-57(51,52)54-40-43(48)39-47)41-53-45(49)37-35-33-31-29-27-25-23-18-16-14-12-10-8-6-4-2/h5,7,11,13,17-19,21-23,26-29,32,34,43-44,47-48H,3-4,6,8-10,12,14-16,20,24-25,30-31,33,35-42H2,1-2H3,(H,51,52)/b7-5+,13-11+,19-17+,22-21+,23-18+,28-26+,29-27+,34-32+/t43-,44+/m0/s1. The first-order chi connectivity index (χ1) is 27.7. The smallest absolute Gasteiger partial charge is 0.462 e. The number of allylic oxidation sites excluding steroid dienone is 16. The number of esters is 2. The summed E-state index contributed by atoms with van der Waals surface area (Å²) in [7, 11) is -4.65. The number of ether oxygens (including phenoxy) is 2. The van der Waals surface area contributed by atoms with Crippen molar-refractivity contribution in [1.29, 1.82) is 0 Å². The van der Waals surface area contributed by atoms with E-state index in [9.17, 15) is 24.2 Å². The number of aliphatic hydroxyl groups is 2. The Morgan fingerprint density at radius 2 is 1.00 bits per heavy atom. The molecule has 0 heterocycles. The summed E-state index contributed by atoms with van der Waals surface area (Å²) in [4.78, 5) is 34.9. The van der Waals surface area contributed by atoms with Crippen LogP contribution >= 0.6 is 7.82 Å². The number of carbonyl (C=O) groups is 2. The highest BCUT2D eigenvalue weighted by molar-refractivity contribution is 7.47. The van der Waals surface area contributed by atoms with Crippen molar-refractivity contribution in [3.63, 3.8) is 0 Å². The molecule has 0 saturated heterocycles. The molecule has 0 aliphatic carbocycles. The highest BCUT2D eigenvalue weighted by atomic mass is 31.2. The van der Waals surface area contributed by atoms with Crippen molar-refractivity contribution >= 4 is 19.8 Å². The van der Waals surface area contributed by atoms with E-state index in [4.69, 9.17) is 19.1 Å². The van der Waals surface area contributed by atoms with Crippen molar-refractivity contribution in [3.8, 4) is 0 Å². The summed E-state index contributed by atoms with van der Waals surface area (Å²) in [5.74, 6) is -1.07. The van der Waals surface area contributed by atoms with Crippen molar-refractivity contribution in [2.75, 3.05) is 26.4 Å². The third-order valence-electron chi connectivity index (χ3n) is 8.24. The van der Waals surface area contributed by atoms with Crippen LogP contribution in [0, 0.1) is 0 Å². The number of unbranched alkanes of at least 4 members (excludes halogenated alkanes) is 8. The van der Waals surface area contributed by atoms with Gasteiger partial charge in [-0.25, -0.2) is 4.57 Å². The lowest BCUT2D eigenvalue weighted by Gasteiger charge is -2.20. The van der Waals surface area contributed by atoms with Crippen molar-refractivity contribution < 1.29 is 47.8 Å². The molecule has 57 heavy (non-hydrogen) atoms. The first-order valence-corrected chi connectivity index (χ1v) is 22.7. The molecule has 0 aromatic rings. The van der Waals surface area contributed by atoms with E-state index in [1.54, 1.807) is 0 Å². The van der Waals surface area contributed by atoms with E-state index in [0.29, 0.717) is 12.8 Å². The molecule has 0 aromatic carbocycles. The topological polar surface area (TPSA) is 149 Å². The Bertz CT molecular complexity index is 1260. The predicted octanol–water partition coefficient (Wildman–Crippen LogP) is 11.2. The normalized spacial score (nSPS) is 14.8. The highest BCUT2D eigenvalue weighted by Crippen LogP contribution is 2.43. The van der Waals surface area contributed by atoms with Crippen LogP contribution in [0.1, 0.15) is 142 Å². The van der Waals surface area contributed by atoms with Gasteiger partial charge in [0.2, 0.25) is 0 Å². The molecule has 0 amide bonds. The van der Waals surface area contributed by atoms with Crippen LogP contribution in [0.25, 0.3) is 0 Å². The Hall–Kier alpha value is -3.11. The zero-order valence-corrected chi connectivity index (χ0v) is 35.9. The maximum absolute atomic E-state index is 12.6. The maximum Gasteiger partial charge on any atom is 0.472 e. The molecule has 0 bridgehead atoms. The first kappa shape index (κ1) is 53.9. The third kappa shape index (κ3) is 40.9. The molecule has 0 aliphatic heterocycles. The van der Waals surface area contributed by atoms with E-state index in [1.165, 1.54) is 38.5 Å². The Morgan fingerprint density at radius 1 is 0.544 bits per heavy atom. The second kappa shape index (κ2) is 41.1. The van der Waals surface area contributed by atoms with Crippen molar-refractivity contribution in [2.24, 2.45) is 0 Å². The Kier molecular flexibility index (Phi) is 38.8. The lowest BCUT2D eigenvalue weighted by molar-refractivity contribution is -0.161. The van der Waals surface area contributed by atoms with Crippen LogP contribution in [0.15, 0.2) is 97.2 Å². The van der Waals surface area contributed by atoms with Gasteiger partial charge in [-0.15, -0.1) is 0 Å². The minimum atomic E-state index is -4.65. The Balaban J connectivity index is 4.52. The number of rotatable bonds is 38. The molecular weight excluding hydrogens is 743 g/mol. The van der Waals surface area contributed by atoms with Crippen LogP contribution in [-0.2, 0) is 32.7 Å². The zero-order chi connectivity index (χ0) is 41.9. The van der Waals surface area contributed by atoms with Gasteiger partial charge in [0, 0.05) is 12.8 Å². The van der Waals surface area contributed by atoms with Gasteiger partial charge in [0.15, 0.2) is 6.10 Å². The van der Waals surface area contributed by atoms with Gasteiger partial charge in [0.25, 0.3) is 0 Å². The number of carbonyl (C=O) groups excluding carboxylic acids is 2. The molecule has 0 saturated carbocycles. The second-order valence-electron chi connectivity index (χ2n) is 13.6. The zero-order valence-electron chi connectivity index (χ0n) is 35.0. The summed E-state index contributed by atoms with van der Waals surface area (Å²) in [6.07, 6.45) is 49.6. The summed E-state index contributed by atoms with van der Waals surface area (Å²) in [6.45, 7) is 2.11. The van der Waals surface area contributed by atoms with Crippen LogP contribution < -0.4 is 0 Å². The maximum atomic E-state index is 12.6. The summed E-state index contributed by atoms with van der Waals surface area (Å²) in [5, 5.41) is 18.3. The average molecular weight is 819 g/mol. The van der Waals surface area contributed by atoms with Gasteiger partial charge in [-0.3, -0.25) is 18.6 Å². The molecule has 0 aliphatic rings. The molecule has 1 unspecified atom stereocenters. The molecule has 0 aromatic heterocycles. The fraction of sp³-hybridized carbons (Fsp3) is 0.609. The van der Waals surface area contributed by atoms with Gasteiger partial charge in [0.1, 0.15) is 12.7 Å². The van der Waals surface area contributed by atoms with Crippen LogP contribution in [0.3, 0.4) is 0 Å². The van der Waals surface area contributed by atoms with E-state index in [-0.39, 0.29) is 19.4 Å². The van der Waals surface area contributed by atoms with Crippen LogP contribution in [-0.4, -0.2) is 65.7 Å². The molecule has 324 valence electrons. The Labute approximate surface area is 344 Å². The summed E-state index contributed by atoms with van der Waals surface area (Å²) in [6, 6.07) is 0. The molecule has 0 spiro atoms. The van der Waals surface area contributed by atoms with Gasteiger partial charge in [-0.05, 0) is 83.5 Å². The van der Waals surface area contributed by atoms with Gasteiger partial charge in [-0.2, -0.15) is 0 Å². The molecule has 0 rings (SSSR count). The minimum absolute atomic E-state index is 0.0467. The summed E-state index contributed by atoms with van der Waals surface area (Å²) >= 11 is 0. The fourth-order valence-corrected chi connectivity index (χ4v) is 5.78. The van der Waals surface area contributed by atoms with Gasteiger partial charge < -0.3 is 24.6 Å². The second-order valence-corrected chi connectivity index (χ2v) is 15.1. The third-order valence-corrected chi connectivity index (χ3v) is 9.19. The van der Waals surface area contributed by atoms with Gasteiger partial charge in [0.05, 0.1) is 19.8 Å². The van der Waals surface area contributed by atoms with E-state index in [2.05, 4.69) is 103 Å². The van der Waals surface area contributed by atoms with E-state index in [1.807, 2.05) is 12.2 Å². The largest absolute Gasteiger partial charge is 0.472 e. The minimum Gasteiger partial charge on any atom is -0.462 e. The van der Waals surface area contributed by atoms with E-state index >= 15 is 0 Å². The van der Waals surface area contributed by atoms with Crippen molar-refractivity contribution in [3.05, 3.63) is 97.2 Å². The SMILES string of the molecule is CC/C=C/C/C=C/C/C=C/C/C=C/C/C=C/C/C=C/CCC(=O)O[C@H](COC(=O)CCCC/C=C/C/C=C/CCCCCCCC)COP(=O)(O)OC[C@@H](O)CO. The first-order valence-electron chi connectivity index (χ1n) is 21.2. The highest BCUT2D eigenvalue weighted by Gasteiger charge is 2.27. The number of aliphatic hydroxyl groups excluding tert-OH is 2. The van der Waals surface area contributed by atoms with Crippen LogP contribution in [0.5, 0.6) is 0 Å². The number of hydrogen-bond donors (Lipinski definition) is 3. The number of hydrogen-bond acceptors (Lipinski definition) is 9. The lowest BCUT2D eigenvalue weighted by atomic mass is 10.1. The monoisotopic (exact) mass is 819 g/mol. The van der Waals surface area contributed by atoms with Crippen LogP contribution in [0.2, 0.25) is 0 Å². The fourth-order valence-electron chi connectivity index (χ4n) is 4.99. The molecule has 11 heteroatoms. The summed E-state index contributed by atoms with van der Waals surface area (Å²) < 4.78 is 32.6. The van der Waals surface area contributed by atoms with Crippen molar-refractivity contribution in [1.82, 2.24) is 0 Å². The van der Waals surface area contributed by atoms with E-state index < -0.39 is 51.8 Å². The summed E-state index contributed by atoms with van der Waals surface area (Å²) in [5.41, 5.74) is 0. The molecule has 3 atom stereocenters. The van der Waals surface area contributed by atoms with Crippen LogP contribution in [0.4, 0.5) is 0 Å². The van der Waals surface area contributed by atoms with Crippen molar-refractivity contribution in [2.45, 2.75) is 154 Å². The number of phosphoric acid groups is 1. The number of phosphoric ester groups is 1. The Morgan fingerprint density at radius 3 is 1.53 bits per heavy atom. The molecule has 0 fully saturated rings. The quantitative estimate of drug-likeness (QED) is 0.0238. The van der Waals surface area contributed by atoms with Gasteiger partial charge >= 0.3 is 19.8 Å². The van der Waals surface area contributed by atoms with E-state index in [0.717, 1.165) is 64.2 Å².